The van der Waals surface area contributed by atoms with Crippen LogP contribution in [0.1, 0.15) is 73.5 Å². The quantitative estimate of drug-likeness (QED) is 0.112. The van der Waals surface area contributed by atoms with E-state index in [-0.39, 0.29) is 29.9 Å². The summed E-state index contributed by atoms with van der Waals surface area (Å²) >= 11 is 0. The van der Waals surface area contributed by atoms with Gasteiger partial charge in [-0.1, -0.05) is 97.1 Å². The van der Waals surface area contributed by atoms with Crippen LogP contribution in [0.4, 0.5) is 26.7 Å². The molecule has 6 aromatic rings. The number of alkyl halides is 3. The van der Waals surface area contributed by atoms with Crippen molar-refractivity contribution in [1.82, 2.24) is 14.4 Å². The normalized spacial score (nSPS) is 18.8. The van der Waals surface area contributed by atoms with Gasteiger partial charge in [-0.2, -0.15) is 13.2 Å². The van der Waals surface area contributed by atoms with Gasteiger partial charge in [-0.15, -0.1) is 0 Å². The Morgan fingerprint density at radius 2 is 1.37 bits per heavy atom. The SMILES string of the molecule is C[C@@H]1Cc2c(ccc3c2oc(=O)n3C(c2ccccc2)(c2ccccc2)c2ccccc2)[C@@H](c2c(F)cc(O[C@@H]3CCN(C(=O)OC(C)(C)C)C3)cc2F)N1CC(F)(F)F. The van der Waals surface area contributed by atoms with Crippen molar-refractivity contribution in [1.29, 1.82) is 0 Å². The Labute approximate surface area is 343 Å². The maximum atomic E-state index is 16.5. The topological polar surface area (TPSA) is 77.2 Å². The number of amides is 1. The second-order valence-electron chi connectivity index (χ2n) is 16.5. The molecule has 0 unspecified atom stereocenters. The maximum absolute atomic E-state index is 16.5. The van der Waals surface area contributed by atoms with E-state index in [9.17, 15) is 22.8 Å². The minimum atomic E-state index is -4.72. The third-order valence-corrected chi connectivity index (χ3v) is 11.3. The van der Waals surface area contributed by atoms with E-state index in [1.165, 1.54) is 4.90 Å². The van der Waals surface area contributed by atoms with Crippen molar-refractivity contribution >= 4 is 17.2 Å². The van der Waals surface area contributed by atoms with E-state index >= 15 is 8.78 Å². The van der Waals surface area contributed by atoms with Gasteiger partial charge in [0.25, 0.3) is 0 Å². The summed E-state index contributed by atoms with van der Waals surface area (Å²) in [6, 6.07) is 30.9. The molecule has 0 spiro atoms. The van der Waals surface area contributed by atoms with E-state index in [4.69, 9.17) is 13.9 Å². The standard InChI is InChI=1S/C47H44F5N3O5/c1-29-24-36-35(41(54(29)28-46(50,51)52)40-37(48)25-34(26-38(40)49)58-33-22-23-53(27-33)43(56)60-45(2,3)4)20-21-39-42(36)59-44(57)55(39)47(30-14-8-5-9-15-30,31-16-10-6-11-17-31)32-18-12-7-13-19-32/h5-21,25-26,29,33,41H,22-24,27-28H2,1-4H3/t29-,33-,41+/m1/s1. The van der Waals surface area contributed by atoms with Gasteiger partial charge in [-0.05, 0) is 62.4 Å². The first-order valence-electron chi connectivity index (χ1n) is 19.9. The summed E-state index contributed by atoms with van der Waals surface area (Å²) < 4.78 is 95.1. The fraction of sp³-hybridized carbons (Fsp3) is 0.319. The van der Waals surface area contributed by atoms with Crippen molar-refractivity contribution in [2.24, 2.45) is 0 Å². The van der Waals surface area contributed by atoms with E-state index < -0.39 is 71.1 Å². The predicted octanol–water partition coefficient (Wildman–Crippen LogP) is 10.00. The molecule has 3 atom stereocenters. The van der Waals surface area contributed by atoms with Gasteiger partial charge in [0.15, 0.2) is 5.58 Å². The van der Waals surface area contributed by atoms with Crippen molar-refractivity contribution in [3.63, 3.8) is 0 Å². The minimum absolute atomic E-state index is 0.0124. The van der Waals surface area contributed by atoms with Gasteiger partial charge < -0.3 is 18.8 Å². The minimum Gasteiger partial charge on any atom is -0.488 e. The number of halogens is 5. The highest BCUT2D eigenvalue weighted by Gasteiger charge is 2.46. The molecule has 0 radical (unpaired) electrons. The van der Waals surface area contributed by atoms with Crippen molar-refractivity contribution in [2.75, 3.05) is 19.6 Å². The summed E-state index contributed by atoms with van der Waals surface area (Å²) in [5, 5.41) is 0. The Balaban J connectivity index is 1.26. The fourth-order valence-electron chi connectivity index (χ4n) is 8.88. The van der Waals surface area contributed by atoms with E-state index in [1.807, 2.05) is 91.0 Å². The number of oxazole rings is 1. The second-order valence-corrected chi connectivity index (χ2v) is 16.5. The highest BCUT2D eigenvalue weighted by Crippen LogP contribution is 2.47. The van der Waals surface area contributed by atoms with E-state index in [2.05, 4.69) is 0 Å². The largest absolute Gasteiger partial charge is 0.488 e. The molecule has 0 saturated carbocycles. The number of ether oxygens (including phenoxy) is 2. The number of hydrogen-bond donors (Lipinski definition) is 0. The van der Waals surface area contributed by atoms with Crippen LogP contribution in [0.2, 0.25) is 0 Å². The van der Waals surface area contributed by atoms with E-state index in [0.717, 1.165) is 33.7 Å². The van der Waals surface area contributed by atoms with Crippen LogP contribution in [-0.2, 0) is 16.7 Å². The zero-order valence-electron chi connectivity index (χ0n) is 33.5. The summed E-state index contributed by atoms with van der Waals surface area (Å²) in [6.45, 7) is 5.75. The summed E-state index contributed by atoms with van der Waals surface area (Å²) in [6.07, 6.45) is -5.50. The Hall–Kier alpha value is -5.95. The molecule has 5 aromatic carbocycles. The number of fused-ring (bicyclic) bond motifs is 3. The first-order valence-corrected chi connectivity index (χ1v) is 19.9. The average molecular weight is 826 g/mol. The van der Waals surface area contributed by atoms with Crippen LogP contribution < -0.4 is 10.5 Å². The number of nitrogens with zero attached hydrogens (tertiary/aromatic N) is 3. The molecule has 3 heterocycles. The van der Waals surface area contributed by atoms with Crippen molar-refractivity contribution < 1.29 is 40.6 Å². The van der Waals surface area contributed by atoms with Gasteiger partial charge in [0.05, 0.1) is 24.6 Å². The highest BCUT2D eigenvalue weighted by atomic mass is 19.4. The third-order valence-electron chi connectivity index (χ3n) is 11.3. The molecule has 1 aromatic heterocycles. The van der Waals surface area contributed by atoms with Crippen LogP contribution in [0.5, 0.6) is 5.75 Å². The number of likely N-dealkylation sites (tertiary alicyclic amines) is 1. The van der Waals surface area contributed by atoms with Crippen LogP contribution >= 0.6 is 0 Å². The molecule has 8 nitrogen and oxygen atoms in total. The molecule has 2 aliphatic rings. The first kappa shape index (κ1) is 40.8. The Bertz CT molecular complexity index is 2450. The molecular formula is C47H44F5N3O5. The Kier molecular flexibility index (Phi) is 10.6. The number of carbonyl (C=O) groups is 1. The molecule has 60 heavy (non-hydrogen) atoms. The number of carbonyl (C=O) groups excluding carboxylic acids is 1. The maximum Gasteiger partial charge on any atom is 0.421 e. The molecule has 0 aliphatic carbocycles. The molecule has 1 fully saturated rings. The summed E-state index contributed by atoms with van der Waals surface area (Å²) in [5.74, 6) is -3.12. The van der Waals surface area contributed by atoms with Gasteiger partial charge in [-0.25, -0.2) is 18.4 Å². The van der Waals surface area contributed by atoms with Gasteiger partial charge >= 0.3 is 18.0 Å². The zero-order chi connectivity index (χ0) is 42.6. The molecule has 1 saturated heterocycles. The number of hydrogen-bond acceptors (Lipinski definition) is 6. The Morgan fingerprint density at radius 1 is 0.817 bits per heavy atom. The van der Waals surface area contributed by atoms with Crippen LogP contribution in [-0.4, -0.2) is 64.0 Å². The number of rotatable bonds is 8. The smallest absolute Gasteiger partial charge is 0.421 e. The van der Waals surface area contributed by atoms with Crippen LogP contribution in [0, 0.1) is 11.6 Å². The number of benzene rings is 5. The molecule has 13 heteroatoms. The first-order chi connectivity index (χ1) is 28.5. The van der Waals surface area contributed by atoms with E-state index in [0.29, 0.717) is 24.0 Å². The summed E-state index contributed by atoms with van der Waals surface area (Å²) in [5.41, 5.74) is 0.648. The number of aromatic nitrogens is 1. The molecule has 8 rings (SSSR count). The van der Waals surface area contributed by atoms with Crippen molar-refractivity contribution in [3.8, 4) is 5.75 Å². The lowest BCUT2D eigenvalue weighted by Crippen LogP contribution is -2.47. The summed E-state index contributed by atoms with van der Waals surface area (Å²) in [4.78, 5) is 29.6. The monoisotopic (exact) mass is 825 g/mol. The third kappa shape index (κ3) is 7.55. The highest BCUT2D eigenvalue weighted by molar-refractivity contribution is 5.81. The van der Waals surface area contributed by atoms with Gasteiger partial charge in [0, 0.05) is 42.3 Å². The summed E-state index contributed by atoms with van der Waals surface area (Å²) in [7, 11) is 0. The molecule has 0 bridgehead atoms. The van der Waals surface area contributed by atoms with E-state index in [1.54, 1.807) is 44.4 Å². The predicted molar refractivity (Wildman–Crippen MR) is 216 cm³/mol. The molecule has 2 aliphatic heterocycles. The second kappa shape index (κ2) is 15.6. The molecule has 312 valence electrons. The van der Waals surface area contributed by atoms with Crippen LogP contribution in [0.25, 0.3) is 11.1 Å². The van der Waals surface area contributed by atoms with Gasteiger partial charge in [0.1, 0.15) is 34.6 Å². The lowest BCUT2D eigenvalue weighted by atomic mass is 9.76. The molecular weight excluding hydrogens is 782 g/mol. The fourth-order valence-corrected chi connectivity index (χ4v) is 8.88. The van der Waals surface area contributed by atoms with Gasteiger partial charge in [0.2, 0.25) is 0 Å². The van der Waals surface area contributed by atoms with Crippen molar-refractivity contribution in [2.45, 2.75) is 76.0 Å². The lowest BCUT2D eigenvalue weighted by Gasteiger charge is -2.42. The van der Waals surface area contributed by atoms with Crippen LogP contribution in [0.15, 0.2) is 124 Å². The van der Waals surface area contributed by atoms with Crippen molar-refractivity contribution in [3.05, 3.63) is 171 Å². The Morgan fingerprint density at radius 3 is 1.88 bits per heavy atom. The average Bonchev–Trinajstić information content (AvgIpc) is 3.81. The zero-order valence-corrected chi connectivity index (χ0v) is 33.5. The van der Waals surface area contributed by atoms with Crippen LogP contribution in [0.3, 0.4) is 0 Å². The molecule has 1 amide bonds. The molecule has 0 N–H and O–H groups in total. The van der Waals surface area contributed by atoms with Gasteiger partial charge in [-0.3, -0.25) is 9.47 Å². The lowest BCUT2D eigenvalue weighted by molar-refractivity contribution is -0.155.